The van der Waals surface area contributed by atoms with E-state index in [0.29, 0.717) is 0 Å². The fourth-order valence-electron chi connectivity index (χ4n) is 2.69. The lowest BCUT2D eigenvalue weighted by Gasteiger charge is -2.29. The molecule has 23 heavy (non-hydrogen) atoms. The van der Waals surface area contributed by atoms with E-state index in [9.17, 15) is 14.9 Å². The SMILES string of the molecule is CCOC(=O)C(NCc1cccc(N2CCCCC2)c1)[N+](=O)[O-]. The van der Waals surface area contributed by atoms with Crippen molar-refractivity contribution in [3.8, 4) is 0 Å². The number of hydrogen-bond donors (Lipinski definition) is 1. The minimum atomic E-state index is -1.53. The summed E-state index contributed by atoms with van der Waals surface area (Å²) in [5, 5.41) is 13.6. The number of nitrogens with zero attached hydrogens (tertiary/aromatic N) is 2. The van der Waals surface area contributed by atoms with Crippen LogP contribution in [0.2, 0.25) is 0 Å². The lowest BCUT2D eigenvalue weighted by molar-refractivity contribution is -0.517. The molecule has 1 saturated heterocycles. The largest absolute Gasteiger partial charge is 0.460 e. The highest BCUT2D eigenvalue weighted by Crippen LogP contribution is 2.20. The minimum Gasteiger partial charge on any atom is -0.460 e. The molecule has 0 bridgehead atoms. The number of rotatable bonds is 7. The van der Waals surface area contributed by atoms with Gasteiger partial charge >= 0.3 is 12.1 Å². The molecule has 1 unspecified atom stereocenters. The van der Waals surface area contributed by atoms with Gasteiger partial charge in [0.15, 0.2) is 0 Å². The Hall–Kier alpha value is -2.15. The molecule has 1 fully saturated rings. The summed E-state index contributed by atoms with van der Waals surface area (Å²) in [5.74, 6) is -0.857. The summed E-state index contributed by atoms with van der Waals surface area (Å²) in [5.41, 5.74) is 2.03. The van der Waals surface area contributed by atoms with E-state index in [1.54, 1.807) is 6.92 Å². The van der Waals surface area contributed by atoms with Crippen molar-refractivity contribution in [1.29, 1.82) is 0 Å². The third-order valence-corrected chi connectivity index (χ3v) is 3.85. The monoisotopic (exact) mass is 321 g/mol. The Morgan fingerprint density at radius 2 is 2.13 bits per heavy atom. The maximum Gasteiger partial charge on any atom is 0.398 e. The highest BCUT2D eigenvalue weighted by atomic mass is 16.6. The highest BCUT2D eigenvalue weighted by molar-refractivity contribution is 5.73. The number of piperidine rings is 1. The fourth-order valence-corrected chi connectivity index (χ4v) is 2.69. The van der Waals surface area contributed by atoms with Gasteiger partial charge in [-0.25, -0.2) is 10.1 Å². The topological polar surface area (TPSA) is 84.7 Å². The van der Waals surface area contributed by atoms with Gasteiger partial charge in [0.25, 0.3) is 0 Å². The molecule has 0 saturated carbocycles. The molecule has 1 aliphatic heterocycles. The number of nitro groups is 1. The average molecular weight is 321 g/mol. The van der Waals surface area contributed by atoms with Crippen molar-refractivity contribution in [3.05, 3.63) is 39.9 Å². The zero-order chi connectivity index (χ0) is 16.7. The Morgan fingerprint density at radius 1 is 1.39 bits per heavy atom. The summed E-state index contributed by atoms with van der Waals surface area (Å²) < 4.78 is 4.72. The van der Waals surface area contributed by atoms with Crippen molar-refractivity contribution >= 4 is 11.7 Å². The Bertz CT molecular complexity index is 544. The van der Waals surface area contributed by atoms with E-state index in [1.807, 2.05) is 24.3 Å². The van der Waals surface area contributed by atoms with E-state index in [0.717, 1.165) is 24.3 Å². The van der Waals surface area contributed by atoms with Crippen LogP contribution in [0.1, 0.15) is 31.7 Å². The molecule has 0 aliphatic carbocycles. The molecule has 0 aromatic heterocycles. The molecule has 1 heterocycles. The average Bonchev–Trinajstić information content (AvgIpc) is 2.56. The number of nitrogens with one attached hydrogen (secondary N) is 1. The number of benzene rings is 1. The second-order valence-corrected chi connectivity index (χ2v) is 5.54. The highest BCUT2D eigenvalue weighted by Gasteiger charge is 2.30. The van der Waals surface area contributed by atoms with E-state index < -0.39 is 17.1 Å². The van der Waals surface area contributed by atoms with E-state index in [4.69, 9.17) is 4.74 Å². The zero-order valence-electron chi connectivity index (χ0n) is 13.4. The second kappa shape index (κ2) is 8.47. The van der Waals surface area contributed by atoms with Gasteiger partial charge in [0.2, 0.25) is 0 Å². The summed E-state index contributed by atoms with van der Waals surface area (Å²) in [6, 6.07) is 7.89. The molecular formula is C16H23N3O4. The van der Waals surface area contributed by atoms with Gasteiger partial charge in [-0.15, -0.1) is 0 Å². The van der Waals surface area contributed by atoms with Crippen LogP contribution in [0.3, 0.4) is 0 Å². The molecule has 2 rings (SSSR count). The van der Waals surface area contributed by atoms with Crippen LogP contribution in [0.25, 0.3) is 0 Å². The van der Waals surface area contributed by atoms with Gasteiger partial charge in [0, 0.05) is 25.3 Å². The van der Waals surface area contributed by atoms with Crippen LogP contribution in [-0.2, 0) is 16.1 Å². The Kier molecular flexibility index (Phi) is 6.34. The summed E-state index contributed by atoms with van der Waals surface area (Å²) >= 11 is 0. The van der Waals surface area contributed by atoms with Gasteiger partial charge in [-0.05, 0) is 43.9 Å². The molecule has 7 heteroatoms. The van der Waals surface area contributed by atoms with Gasteiger partial charge in [-0.1, -0.05) is 12.1 Å². The van der Waals surface area contributed by atoms with E-state index in [1.165, 1.54) is 19.3 Å². The summed E-state index contributed by atoms with van der Waals surface area (Å²) in [7, 11) is 0. The molecule has 1 atom stereocenters. The van der Waals surface area contributed by atoms with E-state index in [-0.39, 0.29) is 13.2 Å². The standard InChI is InChI=1S/C16H23N3O4/c1-2-23-16(20)15(19(21)22)17-12-13-7-6-8-14(11-13)18-9-4-3-5-10-18/h6-8,11,15,17H,2-5,9-10,12H2,1H3. The quantitative estimate of drug-likeness (QED) is 0.357. The predicted molar refractivity (Wildman–Crippen MR) is 86.8 cm³/mol. The van der Waals surface area contributed by atoms with Crippen molar-refractivity contribution in [2.24, 2.45) is 0 Å². The van der Waals surface area contributed by atoms with Crippen molar-refractivity contribution < 1.29 is 14.5 Å². The molecule has 1 N–H and O–H groups in total. The van der Waals surface area contributed by atoms with Crippen LogP contribution >= 0.6 is 0 Å². The van der Waals surface area contributed by atoms with E-state index in [2.05, 4.69) is 10.2 Å². The van der Waals surface area contributed by atoms with Gasteiger partial charge in [-0.3, -0.25) is 10.1 Å². The van der Waals surface area contributed by atoms with Gasteiger partial charge in [0.05, 0.1) is 11.5 Å². The third kappa shape index (κ3) is 4.92. The molecule has 1 aromatic carbocycles. The lowest BCUT2D eigenvalue weighted by Crippen LogP contribution is -2.43. The Morgan fingerprint density at radius 3 is 2.78 bits per heavy atom. The maximum atomic E-state index is 11.6. The van der Waals surface area contributed by atoms with Crippen LogP contribution in [0.4, 0.5) is 5.69 Å². The van der Waals surface area contributed by atoms with Crippen LogP contribution in [0.5, 0.6) is 0 Å². The van der Waals surface area contributed by atoms with E-state index >= 15 is 0 Å². The maximum absolute atomic E-state index is 11.6. The number of esters is 1. The smallest absolute Gasteiger partial charge is 0.398 e. The first-order chi connectivity index (χ1) is 11.1. The molecule has 0 radical (unpaired) electrons. The second-order valence-electron chi connectivity index (χ2n) is 5.54. The first-order valence-electron chi connectivity index (χ1n) is 7.99. The first kappa shape index (κ1) is 17.2. The fraction of sp³-hybridized carbons (Fsp3) is 0.562. The molecular weight excluding hydrogens is 298 g/mol. The molecule has 1 aromatic rings. The van der Waals surface area contributed by atoms with Crippen molar-refractivity contribution in [2.75, 3.05) is 24.6 Å². The normalized spacial score (nSPS) is 16.0. The molecule has 126 valence electrons. The zero-order valence-corrected chi connectivity index (χ0v) is 13.4. The van der Waals surface area contributed by atoms with Crippen LogP contribution in [0.15, 0.2) is 24.3 Å². The molecule has 0 spiro atoms. The van der Waals surface area contributed by atoms with Crippen molar-refractivity contribution in [2.45, 2.75) is 38.9 Å². The minimum absolute atomic E-state index is 0.120. The molecule has 0 amide bonds. The van der Waals surface area contributed by atoms with Crippen LogP contribution in [-0.4, -0.2) is 36.8 Å². The number of carbonyl (C=O) groups excluding carboxylic acids is 1. The number of anilines is 1. The van der Waals surface area contributed by atoms with Crippen molar-refractivity contribution in [3.63, 3.8) is 0 Å². The molecule has 1 aliphatic rings. The summed E-state index contributed by atoms with van der Waals surface area (Å²) in [6.45, 7) is 4.06. The van der Waals surface area contributed by atoms with Gasteiger partial charge in [-0.2, -0.15) is 0 Å². The predicted octanol–water partition coefficient (Wildman–Crippen LogP) is 1.93. The number of hydrogen-bond acceptors (Lipinski definition) is 6. The van der Waals surface area contributed by atoms with Gasteiger partial charge < -0.3 is 9.64 Å². The number of ether oxygens (including phenoxy) is 1. The van der Waals surface area contributed by atoms with Gasteiger partial charge in [0.1, 0.15) is 0 Å². The first-order valence-corrected chi connectivity index (χ1v) is 7.99. The summed E-state index contributed by atoms with van der Waals surface area (Å²) in [6.07, 6.45) is 2.11. The van der Waals surface area contributed by atoms with Crippen molar-refractivity contribution in [1.82, 2.24) is 5.32 Å². The lowest BCUT2D eigenvalue weighted by atomic mass is 10.1. The molecule has 7 nitrogen and oxygen atoms in total. The Balaban J connectivity index is 1.98. The van der Waals surface area contributed by atoms with Crippen LogP contribution in [0, 0.1) is 10.1 Å². The summed E-state index contributed by atoms with van der Waals surface area (Å²) in [4.78, 5) is 24.2. The Labute approximate surface area is 135 Å². The number of carbonyl (C=O) groups is 1. The third-order valence-electron chi connectivity index (χ3n) is 3.85. The van der Waals surface area contributed by atoms with Crippen LogP contribution < -0.4 is 10.2 Å².